The number of ether oxygens (including phenoxy) is 1. The largest absolute Gasteiger partial charge is 0.496 e. The van der Waals surface area contributed by atoms with Crippen LogP contribution in [0.2, 0.25) is 10.0 Å². The van der Waals surface area contributed by atoms with Crippen LogP contribution in [-0.4, -0.2) is 47.9 Å². The second-order valence-corrected chi connectivity index (χ2v) is 6.89. The van der Waals surface area contributed by atoms with Gasteiger partial charge in [0.15, 0.2) is 0 Å². The number of anilines is 1. The van der Waals surface area contributed by atoms with Gasteiger partial charge in [0.2, 0.25) is 5.91 Å². The zero-order chi connectivity index (χ0) is 21.0. The van der Waals surface area contributed by atoms with Crippen molar-refractivity contribution < 1.29 is 19.1 Å². The van der Waals surface area contributed by atoms with E-state index in [1.165, 1.54) is 31.5 Å². The Labute approximate surface area is 176 Å². The highest BCUT2D eigenvalue weighted by molar-refractivity contribution is 6.31. The van der Waals surface area contributed by atoms with Crippen LogP contribution in [0.1, 0.15) is 5.56 Å². The molecule has 0 atom stereocenters. The van der Waals surface area contributed by atoms with Crippen molar-refractivity contribution >= 4 is 52.9 Å². The van der Waals surface area contributed by atoms with Crippen LogP contribution in [0.15, 0.2) is 42.1 Å². The fourth-order valence-electron chi connectivity index (χ4n) is 2.62. The van der Waals surface area contributed by atoms with Gasteiger partial charge in [-0.15, -0.1) is 0 Å². The molecule has 0 saturated carbocycles. The van der Waals surface area contributed by atoms with Crippen molar-refractivity contribution in [2.24, 2.45) is 0 Å². The molecule has 4 amide bonds. The quantitative estimate of drug-likeness (QED) is 0.723. The highest BCUT2D eigenvalue weighted by atomic mass is 35.5. The van der Waals surface area contributed by atoms with Crippen molar-refractivity contribution in [3.8, 4) is 5.75 Å². The van der Waals surface area contributed by atoms with Gasteiger partial charge in [0, 0.05) is 28.9 Å². The van der Waals surface area contributed by atoms with Crippen molar-refractivity contribution in [3.05, 3.63) is 57.7 Å². The van der Waals surface area contributed by atoms with Gasteiger partial charge in [-0.25, -0.2) is 9.78 Å². The average Bonchev–Trinajstić information content (AvgIpc) is 2.83. The van der Waals surface area contributed by atoms with Crippen LogP contribution in [0.4, 0.5) is 10.6 Å². The smallest absolute Gasteiger partial charge is 0.330 e. The average molecular weight is 435 g/mol. The number of nitrogens with zero attached hydrogens (tertiary/aromatic N) is 2. The number of nitrogens with one attached hydrogen (secondary N) is 2. The lowest BCUT2D eigenvalue weighted by molar-refractivity contribution is -0.128. The second-order valence-electron chi connectivity index (χ2n) is 6.02. The van der Waals surface area contributed by atoms with E-state index in [-0.39, 0.29) is 17.9 Å². The number of rotatable bonds is 3. The third kappa shape index (κ3) is 5.04. The summed E-state index contributed by atoms with van der Waals surface area (Å²) < 4.78 is 5.28. The van der Waals surface area contributed by atoms with Gasteiger partial charge in [-0.1, -0.05) is 23.2 Å². The third-order valence-corrected chi connectivity index (χ3v) is 4.49. The van der Waals surface area contributed by atoms with E-state index in [4.69, 9.17) is 27.9 Å². The van der Waals surface area contributed by atoms with Gasteiger partial charge in [-0.05, 0) is 36.4 Å². The van der Waals surface area contributed by atoms with Crippen molar-refractivity contribution in [1.29, 1.82) is 0 Å². The van der Waals surface area contributed by atoms with E-state index in [2.05, 4.69) is 15.6 Å². The van der Waals surface area contributed by atoms with E-state index in [0.717, 1.165) is 4.90 Å². The Morgan fingerprint density at radius 2 is 2.00 bits per heavy atom. The van der Waals surface area contributed by atoms with Crippen molar-refractivity contribution in [2.45, 2.75) is 0 Å². The standard InChI is InChI=1S/C19H16Cl2N4O4/c1-29-15-4-2-13(20)7-11(15)6-12-8-23-17(26)10-25(18(12)27)19(28)24-16-5-3-14(21)9-22-16/h2-7,9H,8,10H2,1H3,(H,23,26)(H,22,24,28)/b12-6+. The highest BCUT2D eigenvalue weighted by Crippen LogP contribution is 2.25. The van der Waals surface area contributed by atoms with E-state index in [9.17, 15) is 14.4 Å². The molecule has 10 heteroatoms. The Hall–Kier alpha value is -3.10. The van der Waals surface area contributed by atoms with Crippen LogP contribution in [-0.2, 0) is 9.59 Å². The van der Waals surface area contributed by atoms with Crippen molar-refractivity contribution in [2.75, 3.05) is 25.5 Å². The maximum absolute atomic E-state index is 13.0. The lowest BCUT2D eigenvalue weighted by Crippen LogP contribution is -2.43. The Kier molecular flexibility index (Phi) is 6.36. The van der Waals surface area contributed by atoms with Gasteiger partial charge in [0.1, 0.15) is 18.1 Å². The normalized spacial score (nSPS) is 15.7. The fourth-order valence-corrected chi connectivity index (χ4v) is 2.92. The molecule has 3 rings (SSSR count). The minimum atomic E-state index is -0.786. The predicted molar refractivity (Wildman–Crippen MR) is 109 cm³/mol. The first-order valence-electron chi connectivity index (χ1n) is 8.42. The molecule has 2 heterocycles. The summed E-state index contributed by atoms with van der Waals surface area (Å²) in [6.07, 6.45) is 2.88. The summed E-state index contributed by atoms with van der Waals surface area (Å²) in [6.45, 7) is -0.474. The molecule has 1 aromatic heterocycles. The van der Waals surface area contributed by atoms with E-state index in [0.29, 0.717) is 21.4 Å². The molecule has 29 heavy (non-hydrogen) atoms. The molecule has 0 bridgehead atoms. The molecule has 0 aliphatic carbocycles. The number of carbonyl (C=O) groups excluding carboxylic acids is 3. The van der Waals surface area contributed by atoms with Gasteiger partial charge in [-0.3, -0.25) is 19.8 Å². The Morgan fingerprint density at radius 3 is 2.69 bits per heavy atom. The number of hydrogen-bond donors (Lipinski definition) is 2. The molecule has 150 valence electrons. The van der Waals surface area contributed by atoms with Gasteiger partial charge in [0.25, 0.3) is 5.91 Å². The first-order chi connectivity index (χ1) is 13.9. The minimum Gasteiger partial charge on any atom is -0.496 e. The SMILES string of the molecule is COc1ccc(Cl)cc1/C=C1\CNC(=O)CN(C(=O)Nc2ccc(Cl)cn2)C1=O. The molecule has 8 nitrogen and oxygen atoms in total. The number of imide groups is 1. The fraction of sp³-hybridized carbons (Fsp3) is 0.158. The third-order valence-electron chi connectivity index (χ3n) is 4.03. The highest BCUT2D eigenvalue weighted by Gasteiger charge is 2.30. The van der Waals surface area contributed by atoms with E-state index in [1.54, 1.807) is 18.2 Å². The first kappa shape index (κ1) is 20.6. The van der Waals surface area contributed by atoms with Gasteiger partial charge in [-0.2, -0.15) is 0 Å². The maximum atomic E-state index is 13.0. The number of benzene rings is 1. The summed E-state index contributed by atoms with van der Waals surface area (Å²) in [5.74, 6) is -0.415. The number of carbonyl (C=O) groups is 3. The summed E-state index contributed by atoms with van der Waals surface area (Å²) in [7, 11) is 1.49. The Bertz CT molecular complexity index is 992. The van der Waals surface area contributed by atoms with Crippen LogP contribution in [0.3, 0.4) is 0 Å². The summed E-state index contributed by atoms with van der Waals surface area (Å²) in [6, 6.07) is 7.16. The van der Waals surface area contributed by atoms with Gasteiger partial charge < -0.3 is 10.1 Å². The molecule has 1 aliphatic rings. The predicted octanol–water partition coefficient (Wildman–Crippen LogP) is 2.97. The van der Waals surface area contributed by atoms with Crippen molar-refractivity contribution in [3.63, 3.8) is 0 Å². The molecule has 0 unspecified atom stereocenters. The Balaban J connectivity index is 1.89. The second kappa shape index (κ2) is 8.93. The summed E-state index contributed by atoms with van der Waals surface area (Å²) in [5.41, 5.74) is 0.731. The van der Waals surface area contributed by atoms with Crippen LogP contribution in [0.5, 0.6) is 5.75 Å². The molecular formula is C19H16Cl2N4O4. The number of methoxy groups -OCH3 is 1. The molecule has 2 aromatic rings. The molecule has 1 aromatic carbocycles. The molecule has 1 saturated heterocycles. The van der Waals surface area contributed by atoms with Crippen molar-refractivity contribution in [1.82, 2.24) is 15.2 Å². The maximum Gasteiger partial charge on any atom is 0.330 e. The summed E-state index contributed by atoms with van der Waals surface area (Å²) in [5, 5.41) is 5.92. The molecular weight excluding hydrogens is 419 g/mol. The van der Waals surface area contributed by atoms with E-state index < -0.39 is 24.4 Å². The van der Waals surface area contributed by atoms with Crippen LogP contribution < -0.4 is 15.4 Å². The summed E-state index contributed by atoms with van der Waals surface area (Å²) >= 11 is 11.8. The van der Waals surface area contributed by atoms with E-state index >= 15 is 0 Å². The zero-order valence-corrected chi connectivity index (χ0v) is 16.8. The number of amides is 4. The molecule has 1 fully saturated rings. The monoisotopic (exact) mass is 434 g/mol. The van der Waals surface area contributed by atoms with Gasteiger partial charge in [0.05, 0.1) is 12.1 Å². The van der Waals surface area contributed by atoms with Crippen LogP contribution in [0, 0.1) is 0 Å². The van der Waals surface area contributed by atoms with Crippen LogP contribution in [0.25, 0.3) is 6.08 Å². The Morgan fingerprint density at radius 1 is 1.24 bits per heavy atom. The summed E-state index contributed by atoms with van der Waals surface area (Å²) in [4.78, 5) is 42.3. The lowest BCUT2D eigenvalue weighted by Gasteiger charge is -2.18. The topological polar surface area (TPSA) is 101 Å². The zero-order valence-electron chi connectivity index (χ0n) is 15.2. The number of pyridine rings is 1. The molecule has 0 spiro atoms. The molecule has 0 radical (unpaired) electrons. The number of halogens is 2. The van der Waals surface area contributed by atoms with Gasteiger partial charge >= 0.3 is 6.03 Å². The molecule has 1 aliphatic heterocycles. The first-order valence-corrected chi connectivity index (χ1v) is 9.18. The lowest BCUT2D eigenvalue weighted by atomic mass is 10.1. The molecule has 2 N–H and O–H groups in total. The van der Waals surface area contributed by atoms with Crippen LogP contribution >= 0.6 is 23.2 Å². The van der Waals surface area contributed by atoms with E-state index in [1.807, 2.05) is 0 Å². The number of aromatic nitrogens is 1. The number of hydrogen-bond acceptors (Lipinski definition) is 5. The minimum absolute atomic E-state index is 0.0453. The number of urea groups is 1.